The Hall–Kier alpha value is -2.63. The number of rotatable bonds is 8. The monoisotopic (exact) mass is 343 g/mol. The van der Waals surface area contributed by atoms with E-state index in [9.17, 15) is 14.7 Å². The molecular weight excluding hydrogens is 318 g/mol. The number of nitrogens with one attached hydrogen (secondary N) is 1. The number of carboxylic acids is 1. The molecule has 0 spiro atoms. The van der Waals surface area contributed by atoms with E-state index in [4.69, 9.17) is 0 Å². The molecule has 2 aromatic rings. The SMILES string of the molecule is Cc1c(C(=O)N[C@@H](Cc2ccccc2)C(=O)O)cnn1CCC(C)C. The second-order valence-electron chi connectivity index (χ2n) is 6.60. The third kappa shape index (κ3) is 5.17. The van der Waals surface area contributed by atoms with Gasteiger partial charge in [-0.05, 0) is 24.8 Å². The summed E-state index contributed by atoms with van der Waals surface area (Å²) in [6.07, 6.45) is 2.71. The highest BCUT2D eigenvalue weighted by molar-refractivity contribution is 5.97. The lowest BCUT2D eigenvalue weighted by Crippen LogP contribution is -2.42. The van der Waals surface area contributed by atoms with Gasteiger partial charge in [0, 0.05) is 18.7 Å². The van der Waals surface area contributed by atoms with E-state index in [2.05, 4.69) is 24.3 Å². The number of benzene rings is 1. The van der Waals surface area contributed by atoms with E-state index < -0.39 is 17.9 Å². The minimum Gasteiger partial charge on any atom is -0.480 e. The van der Waals surface area contributed by atoms with Crippen molar-refractivity contribution in [3.05, 3.63) is 53.3 Å². The maximum Gasteiger partial charge on any atom is 0.326 e. The highest BCUT2D eigenvalue weighted by atomic mass is 16.4. The minimum absolute atomic E-state index is 0.239. The Morgan fingerprint density at radius 1 is 1.24 bits per heavy atom. The fraction of sp³-hybridized carbons (Fsp3) is 0.421. The number of carboxylic acid groups (broad SMARTS) is 1. The highest BCUT2D eigenvalue weighted by Gasteiger charge is 2.23. The number of hydrogen-bond donors (Lipinski definition) is 2. The van der Waals surface area contributed by atoms with Crippen molar-refractivity contribution in [3.63, 3.8) is 0 Å². The molecular formula is C19H25N3O3. The number of amides is 1. The molecule has 0 radical (unpaired) electrons. The third-order valence-corrected chi connectivity index (χ3v) is 4.15. The van der Waals surface area contributed by atoms with Crippen LogP contribution < -0.4 is 5.32 Å². The van der Waals surface area contributed by atoms with Crippen LogP contribution in [0, 0.1) is 12.8 Å². The second-order valence-corrected chi connectivity index (χ2v) is 6.60. The van der Waals surface area contributed by atoms with Crippen LogP contribution in [0.4, 0.5) is 0 Å². The molecule has 0 saturated heterocycles. The molecule has 134 valence electrons. The van der Waals surface area contributed by atoms with Gasteiger partial charge in [0.1, 0.15) is 6.04 Å². The number of carbonyl (C=O) groups excluding carboxylic acids is 1. The van der Waals surface area contributed by atoms with Gasteiger partial charge in [0.2, 0.25) is 0 Å². The Morgan fingerprint density at radius 3 is 2.52 bits per heavy atom. The van der Waals surface area contributed by atoms with E-state index in [1.807, 2.05) is 37.3 Å². The molecule has 1 atom stereocenters. The van der Waals surface area contributed by atoms with Crippen molar-refractivity contribution in [1.29, 1.82) is 0 Å². The standard InChI is InChI=1S/C19H25N3O3/c1-13(2)9-10-22-14(3)16(12-20-22)18(23)21-17(19(24)25)11-15-7-5-4-6-8-15/h4-8,12-13,17H,9-11H2,1-3H3,(H,21,23)(H,24,25)/t17-/m0/s1. The molecule has 1 aromatic heterocycles. The van der Waals surface area contributed by atoms with Crippen LogP contribution in [0.15, 0.2) is 36.5 Å². The number of carbonyl (C=O) groups is 2. The summed E-state index contributed by atoms with van der Waals surface area (Å²) in [5, 5.41) is 16.3. The van der Waals surface area contributed by atoms with Crippen LogP contribution in [-0.4, -0.2) is 32.8 Å². The van der Waals surface area contributed by atoms with Crippen LogP contribution >= 0.6 is 0 Å². The van der Waals surface area contributed by atoms with Gasteiger partial charge in [0.15, 0.2) is 0 Å². The van der Waals surface area contributed by atoms with Crippen molar-refractivity contribution in [2.45, 2.75) is 46.2 Å². The second kappa shape index (κ2) is 8.46. The van der Waals surface area contributed by atoms with E-state index in [0.717, 1.165) is 24.2 Å². The summed E-state index contributed by atoms with van der Waals surface area (Å²) in [5.41, 5.74) is 2.03. The van der Waals surface area contributed by atoms with Crippen LogP contribution in [0.25, 0.3) is 0 Å². The van der Waals surface area contributed by atoms with E-state index >= 15 is 0 Å². The molecule has 1 aromatic carbocycles. The largest absolute Gasteiger partial charge is 0.480 e. The Bertz CT molecular complexity index is 723. The third-order valence-electron chi connectivity index (χ3n) is 4.15. The summed E-state index contributed by atoms with van der Waals surface area (Å²) in [5.74, 6) is -0.915. The summed E-state index contributed by atoms with van der Waals surface area (Å²) in [7, 11) is 0. The molecule has 1 heterocycles. The van der Waals surface area contributed by atoms with Gasteiger partial charge in [-0.2, -0.15) is 5.10 Å². The van der Waals surface area contributed by atoms with Crippen LogP contribution in [0.5, 0.6) is 0 Å². The molecule has 2 rings (SSSR count). The average molecular weight is 343 g/mol. The first-order valence-electron chi connectivity index (χ1n) is 8.48. The Labute approximate surface area is 147 Å². The van der Waals surface area contributed by atoms with Crippen LogP contribution in [-0.2, 0) is 17.8 Å². The maximum atomic E-state index is 12.5. The molecule has 6 heteroatoms. The topological polar surface area (TPSA) is 84.2 Å². The Balaban J connectivity index is 2.07. The molecule has 0 fully saturated rings. The van der Waals surface area contributed by atoms with Gasteiger partial charge >= 0.3 is 5.97 Å². The lowest BCUT2D eigenvalue weighted by Gasteiger charge is -2.14. The van der Waals surface area contributed by atoms with E-state index in [1.54, 1.807) is 4.68 Å². The van der Waals surface area contributed by atoms with Gasteiger partial charge in [0.25, 0.3) is 5.91 Å². The quantitative estimate of drug-likeness (QED) is 0.772. The van der Waals surface area contributed by atoms with Crippen molar-refractivity contribution < 1.29 is 14.7 Å². The van der Waals surface area contributed by atoms with Crippen molar-refractivity contribution >= 4 is 11.9 Å². The predicted molar refractivity (Wildman–Crippen MR) is 95.5 cm³/mol. The molecule has 0 unspecified atom stereocenters. The van der Waals surface area contributed by atoms with Gasteiger partial charge in [-0.3, -0.25) is 9.48 Å². The first kappa shape index (κ1) is 18.7. The lowest BCUT2D eigenvalue weighted by atomic mass is 10.1. The zero-order chi connectivity index (χ0) is 18.4. The molecule has 0 aliphatic rings. The van der Waals surface area contributed by atoms with Gasteiger partial charge in [0.05, 0.1) is 11.8 Å². The fourth-order valence-corrected chi connectivity index (χ4v) is 2.56. The predicted octanol–water partition coefficient (Wildman–Crippen LogP) is 2.66. The Kier molecular flexibility index (Phi) is 6.33. The Morgan fingerprint density at radius 2 is 1.92 bits per heavy atom. The molecule has 0 bridgehead atoms. The number of hydrogen-bond acceptors (Lipinski definition) is 3. The lowest BCUT2D eigenvalue weighted by molar-refractivity contribution is -0.139. The number of aromatic nitrogens is 2. The fourth-order valence-electron chi connectivity index (χ4n) is 2.56. The molecule has 2 N–H and O–H groups in total. The summed E-state index contributed by atoms with van der Waals surface area (Å²) >= 11 is 0. The van der Waals surface area contributed by atoms with Crippen molar-refractivity contribution in [3.8, 4) is 0 Å². The maximum absolute atomic E-state index is 12.5. The summed E-state index contributed by atoms with van der Waals surface area (Å²) in [6.45, 7) is 6.83. The highest BCUT2D eigenvalue weighted by Crippen LogP contribution is 2.11. The number of aliphatic carboxylic acids is 1. The normalized spacial score (nSPS) is 12.2. The first-order chi connectivity index (χ1) is 11.9. The molecule has 6 nitrogen and oxygen atoms in total. The number of aryl methyl sites for hydroxylation is 1. The summed E-state index contributed by atoms with van der Waals surface area (Å²) in [4.78, 5) is 24.0. The van der Waals surface area contributed by atoms with E-state index in [0.29, 0.717) is 11.5 Å². The van der Waals surface area contributed by atoms with Gasteiger partial charge in [-0.15, -0.1) is 0 Å². The number of nitrogens with zero attached hydrogens (tertiary/aromatic N) is 2. The smallest absolute Gasteiger partial charge is 0.326 e. The van der Waals surface area contributed by atoms with Crippen molar-refractivity contribution in [2.24, 2.45) is 5.92 Å². The minimum atomic E-state index is -1.05. The molecule has 0 saturated carbocycles. The molecule has 0 aliphatic carbocycles. The molecule has 1 amide bonds. The van der Waals surface area contributed by atoms with Gasteiger partial charge in [-0.25, -0.2) is 4.79 Å². The summed E-state index contributed by atoms with van der Waals surface area (Å²) < 4.78 is 1.79. The zero-order valence-corrected chi connectivity index (χ0v) is 14.9. The van der Waals surface area contributed by atoms with Crippen LogP contribution in [0.3, 0.4) is 0 Å². The van der Waals surface area contributed by atoms with Crippen LogP contribution in [0.2, 0.25) is 0 Å². The van der Waals surface area contributed by atoms with E-state index in [-0.39, 0.29) is 6.42 Å². The zero-order valence-electron chi connectivity index (χ0n) is 14.9. The molecule has 0 aliphatic heterocycles. The van der Waals surface area contributed by atoms with Gasteiger partial charge < -0.3 is 10.4 Å². The van der Waals surface area contributed by atoms with Crippen LogP contribution in [0.1, 0.15) is 41.9 Å². The molecule has 25 heavy (non-hydrogen) atoms. The average Bonchev–Trinajstić information content (AvgIpc) is 2.94. The van der Waals surface area contributed by atoms with Crippen molar-refractivity contribution in [1.82, 2.24) is 15.1 Å². The van der Waals surface area contributed by atoms with E-state index in [1.165, 1.54) is 6.20 Å². The first-order valence-corrected chi connectivity index (χ1v) is 8.48. The van der Waals surface area contributed by atoms with Gasteiger partial charge in [-0.1, -0.05) is 44.2 Å². The summed E-state index contributed by atoms with van der Waals surface area (Å²) in [6, 6.07) is 8.27. The van der Waals surface area contributed by atoms with Crippen molar-refractivity contribution in [2.75, 3.05) is 0 Å².